The van der Waals surface area contributed by atoms with E-state index in [-0.39, 0.29) is 11.8 Å². The Hall–Kier alpha value is -1.22. The molecule has 0 bridgehead atoms. The third-order valence-electron chi connectivity index (χ3n) is 2.33. The van der Waals surface area contributed by atoms with Crippen molar-refractivity contribution >= 4 is 23.2 Å². The zero-order chi connectivity index (χ0) is 12.1. The van der Waals surface area contributed by atoms with Gasteiger partial charge in [-0.1, -0.05) is 0 Å². The quantitative estimate of drug-likeness (QED) is 0.759. The van der Waals surface area contributed by atoms with Crippen molar-refractivity contribution in [2.75, 3.05) is 24.4 Å². The second kappa shape index (κ2) is 5.75. The number of rotatable bonds is 4. The fraction of sp³-hybridized carbons (Fsp3) is 0.417. The van der Waals surface area contributed by atoms with Gasteiger partial charge in [0.25, 0.3) is 0 Å². The smallest absolute Gasteiger partial charge is 0.241 e. The van der Waals surface area contributed by atoms with E-state index in [4.69, 9.17) is 16.3 Å². The summed E-state index contributed by atoms with van der Waals surface area (Å²) in [7, 11) is 1.71. The first kappa shape index (κ1) is 12.8. The van der Waals surface area contributed by atoms with E-state index < -0.39 is 0 Å². The third-order valence-corrected chi connectivity index (χ3v) is 2.56. The largest absolute Gasteiger partial charge is 0.494 e. The lowest BCUT2D eigenvalue weighted by Crippen LogP contribution is -2.27. The van der Waals surface area contributed by atoms with Gasteiger partial charge in [-0.15, -0.1) is 11.6 Å². The Morgan fingerprint density at radius 3 is 2.69 bits per heavy atom. The van der Waals surface area contributed by atoms with Gasteiger partial charge in [0.2, 0.25) is 5.91 Å². The molecule has 0 saturated carbocycles. The monoisotopic (exact) mass is 241 g/mol. The molecule has 0 atom stereocenters. The van der Waals surface area contributed by atoms with Crippen LogP contribution in [0, 0.1) is 6.92 Å². The number of benzene rings is 1. The fourth-order valence-electron chi connectivity index (χ4n) is 1.39. The molecule has 0 aliphatic rings. The lowest BCUT2D eigenvalue weighted by molar-refractivity contribution is -0.116. The third kappa shape index (κ3) is 2.89. The molecular weight excluding hydrogens is 226 g/mol. The van der Waals surface area contributed by atoms with Crippen molar-refractivity contribution in [2.45, 2.75) is 13.8 Å². The maximum atomic E-state index is 11.4. The number of ether oxygens (including phenoxy) is 1. The van der Waals surface area contributed by atoms with Crippen molar-refractivity contribution in [3.05, 3.63) is 23.8 Å². The van der Waals surface area contributed by atoms with Gasteiger partial charge in [0.1, 0.15) is 11.6 Å². The van der Waals surface area contributed by atoms with Gasteiger partial charge in [-0.3, -0.25) is 4.79 Å². The summed E-state index contributed by atoms with van der Waals surface area (Å²) < 4.78 is 5.43. The van der Waals surface area contributed by atoms with Crippen LogP contribution in [0.4, 0.5) is 5.69 Å². The highest BCUT2D eigenvalue weighted by Crippen LogP contribution is 2.24. The Bertz CT molecular complexity index is 379. The molecule has 0 aliphatic heterocycles. The van der Waals surface area contributed by atoms with Crippen LogP contribution in [-0.2, 0) is 4.79 Å². The summed E-state index contributed by atoms with van der Waals surface area (Å²) in [5.74, 6) is 0.714. The van der Waals surface area contributed by atoms with Crippen LogP contribution in [0.1, 0.15) is 12.5 Å². The number of amides is 1. The molecule has 4 heteroatoms. The molecule has 0 spiro atoms. The average Bonchev–Trinajstić information content (AvgIpc) is 2.30. The second-order valence-electron chi connectivity index (χ2n) is 3.47. The highest BCUT2D eigenvalue weighted by molar-refractivity contribution is 6.29. The Labute approximate surface area is 101 Å². The molecular formula is C12H16ClNO2. The van der Waals surface area contributed by atoms with E-state index in [1.54, 1.807) is 7.05 Å². The normalized spacial score (nSPS) is 10.0. The SMILES string of the molecule is CCOc1ccc(N(C)C(=O)CCl)cc1C. The van der Waals surface area contributed by atoms with Gasteiger partial charge in [0.05, 0.1) is 6.61 Å². The number of nitrogens with zero attached hydrogens (tertiary/aromatic N) is 1. The van der Waals surface area contributed by atoms with Gasteiger partial charge >= 0.3 is 0 Å². The van der Waals surface area contributed by atoms with Crippen molar-refractivity contribution in [3.63, 3.8) is 0 Å². The lowest BCUT2D eigenvalue weighted by Gasteiger charge is -2.17. The van der Waals surface area contributed by atoms with Gasteiger partial charge in [-0.25, -0.2) is 0 Å². The van der Waals surface area contributed by atoms with Crippen LogP contribution in [-0.4, -0.2) is 25.4 Å². The molecule has 0 radical (unpaired) electrons. The summed E-state index contributed by atoms with van der Waals surface area (Å²) in [6.45, 7) is 4.53. The predicted octanol–water partition coefficient (Wildman–Crippen LogP) is 2.60. The van der Waals surface area contributed by atoms with Crippen LogP contribution in [0.2, 0.25) is 0 Å². The number of hydrogen-bond acceptors (Lipinski definition) is 2. The number of alkyl halides is 1. The molecule has 0 aliphatic carbocycles. The Morgan fingerprint density at radius 1 is 1.50 bits per heavy atom. The highest BCUT2D eigenvalue weighted by atomic mass is 35.5. The van der Waals surface area contributed by atoms with E-state index in [1.165, 1.54) is 4.90 Å². The van der Waals surface area contributed by atoms with Crippen LogP contribution in [0.5, 0.6) is 5.75 Å². The van der Waals surface area contributed by atoms with E-state index in [9.17, 15) is 4.79 Å². The molecule has 1 amide bonds. The average molecular weight is 242 g/mol. The second-order valence-corrected chi connectivity index (χ2v) is 3.74. The summed E-state index contributed by atoms with van der Waals surface area (Å²) in [5, 5.41) is 0. The summed E-state index contributed by atoms with van der Waals surface area (Å²) in [6, 6.07) is 5.63. The van der Waals surface area contributed by atoms with Crippen molar-refractivity contribution in [3.8, 4) is 5.75 Å². The molecule has 1 rings (SSSR count). The Kier molecular flexibility index (Phi) is 4.62. The van der Waals surface area contributed by atoms with Crippen molar-refractivity contribution < 1.29 is 9.53 Å². The van der Waals surface area contributed by atoms with Gasteiger partial charge < -0.3 is 9.64 Å². The van der Waals surface area contributed by atoms with E-state index in [0.29, 0.717) is 6.61 Å². The van der Waals surface area contributed by atoms with Crippen LogP contribution < -0.4 is 9.64 Å². The van der Waals surface area contributed by atoms with Crippen LogP contribution in [0.15, 0.2) is 18.2 Å². The van der Waals surface area contributed by atoms with Gasteiger partial charge in [0, 0.05) is 12.7 Å². The maximum absolute atomic E-state index is 11.4. The number of aryl methyl sites for hydroxylation is 1. The summed E-state index contributed by atoms with van der Waals surface area (Å²) >= 11 is 5.50. The molecule has 1 aromatic rings. The van der Waals surface area contributed by atoms with E-state index >= 15 is 0 Å². The number of hydrogen-bond donors (Lipinski definition) is 0. The summed E-state index contributed by atoms with van der Waals surface area (Å²) in [6.07, 6.45) is 0. The van der Waals surface area contributed by atoms with Gasteiger partial charge in [-0.2, -0.15) is 0 Å². The van der Waals surface area contributed by atoms with Crippen LogP contribution >= 0.6 is 11.6 Å². The standard InChI is InChI=1S/C12H16ClNO2/c1-4-16-11-6-5-10(7-9(11)2)14(3)12(15)8-13/h5-7H,4,8H2,1-3H3. The zero-order valence-corrected chi connectivity index (χ0v) is 10.5. The molecule has 1 aromatic carbocycles. The molecule has 0 heterocycles. The molecule has 0 aromatic heterocycles. The first-order chi connectivity index (χ1) is 7.60. The summed E-state index contributed by atoms with van der Waals surface area (Å²) in [4.78, 5) is 12.9. The number of carbonyl (C=O) groups excluding carboxylic acids is 1. The van der Waals surface area contributed by atoms with E-state index in [2.05, 4.69) is 0 Å². The molecule has 16 heavy (non-hydrogen) atoms. The minimum absolute atomic E-state index is 0.0112. The number of anilines is 1. The summed E-state index contributed by atoms with van der Waals surface area (Å²) in [5.41, 5.74) is 1.83. The fourth-order valence-corrected chi connectivity index (χ4v) is 1.57. The highest BCUT2D eigenvalue weighted by Gasteiger charge is 2.10. The minimum atomic E-state index is -0.120. The van der Waals surface area contributed by atoms with Crippen LogP contribution in [0.3, 0.4) is 0 Å². The minimum Gasteiger partial charge on any atom is -0.494 e. The Morgan fingerprint density at radius 2 is 2.19 bits per heavy atom. The molecule has 0 N–H and O–H groups in total. The predicted molar refractivity (Wildman–Crippen MR) is 66.5 cm³/mol. The van der Waals surface area contributed by atoms with Gasteiger partial charge in [0.15, 0.2) is 0 Å². The van der Waals surface area contributed by atoms with Crippen molar-refractivity contribution in [1.82, 2.24) is 0 Å². The van der Waals surface area contributed by atoms with Crippen LogP contribution in [0.25, 0.3) is 0 Å². The zero-order valence-electron chi connectivity index (χ0n) is 9.79. The topological polar surface area (TPSA) is 29.5 Å². The Balaban J connectivity index is 2.92. The van der Waals surface area contributed by atoms with E-state index in [1.807, 2.05) is 32.0 Å². The number of carbonyl (C=O) groups is 1. The molecule has 0 unspecified atom stereocenters. The molecule has 0 saturated heterocycles. The van der Waals surface area contributed by atoms with E-state index in [0.717, 1.165) is 17.0 Å². The molecule has 88 valence electrons. The number of halogens is 1. The first-order valence-electron chi connectivity index (χ1n) is 5.16. The molecule has 0 fully saturated rings. The molecule has 3 nitrogen and oxygen atoms in total. The maximum Gasteiger partial charge on any atom is 0.241 e. The van der Waals surface area contributed by atoms with Gasteiger partial charge in [-0.05, 0) is 37.6 Å². The first-order valence-corrected chi connectivity index (χ1v) is 5.69. The lowest BCUT2D eigenvalue weighted by atomic mass is 10.2. The van der Waals surface area contributed by atoms with Crippen molar-refractivity contribution in [2.24, 2.45) is 0 Å². The van der Waals surface area contributed by atoms with Crippen molar-refractivity contribution in [1.29, 1.82) is 0 Å².